The highest BCUT2D eigenvalue weighted by molar-refractivity contribution is 5.99. The summed E-state index contributed by atoms with van der Waals surface area (Å²) in [5.74, 6) is -0.269. The van der Waals surface area contributed by atoms with Crippen LogP contribution < -0.4 is 0 Å². The van der Waals surface area contributed by atoms with Crippen LogP contribution in [0.25, 0.3) is 10.9 Å². The summed E-state index contributed by atoms with van der Waals surface area (Å²) in [6, 6.07) is 6.58. The summed E-state index contributed by atoms with van der Waals surface area (Å²) in [6.07, 6.45) is 2.12. The lowest BCUT2D eigenvalue weighted by Crippen LogP contribution is -2.29. The number of aromatic nitrogens is 1. The van der Waals surface area contributed by atoms with Crippen molar-refractivity contribution < 1.29 is 9.18 Å². The van der Waals surface area contributed by atoms with Crippen LogP contribution in [0.5, 0.6) is 0 Å². The molecule has 1 amide bonds. The van der Waals surface area contributed by atoms with Crippen LogP contribution in [0, 0.1) is 5.82 Å². The largest absolute Gasteiger partial charge is 0.340 e. The molecule has 0 radical (unpaired) electrons. The molecule has 1 fully saturated rings. The second kappa shape index (κ2) is 4.12. The molecule has 0 aliphatic carbocycles. The minimum absolute atomic E-state index is 0.00519. The van der Waals surface area contributed by atoms with Crippen LogP contribution in [0.15, 0.2) is 24.3 Å². The fourth-order valence-corrected chi connectivity index (χ4v) is 2.61. The summed E-state index contributed by atoms with van der Waals surface area (Å²) in [7, 11) is 1.81. The lowest BCUT2D eigenvalue weighted by Gasteiger charge is -2.15. The second-order valence-corrected chi connectivity index (χ2v) is 4.76. The van der Waals surface area contributed by atoms with E-state index in [1.54, 1.807) is 16.7 Å². The highest BCUT2D eigenvalue weighted by Crippen LogP contribution is 2.23. The average Bonchev–Trinajstić information content (AvgIpc) is 2.98. The molecule has 1 aliphatic rings. The molecule has 1 aromatic heterocycles. The number of hydrogen-bond donors (Lipinski definition) is 0. The Morgan fingerprint density at radius 2 is 2.00 bits per heavy atom. The Bertz CT molecular complexity index is 612. The number of hydrogen-bond acceptors (Lipinski definition) is 1. The maximum atomic E-state index is 13.7. The number of fused-ring (bicyclic) bond motifs is 1. The van der Waals surface area contributed by atoms with Crippen LogP contribution in [0.1, 0.15) is 23.3 Å². The lowest BCUT2D eigenvalue weighted by atomic mass is 10.2. The molecule has 1 aliphatic heterocycles. The van der Waals surface area contributed by atoms with Crippen molar-refractivity contribution >= 4 is 16.8 Å². The molecule has 0 unspecified atom stereocenters. The molecule has 3 nitrogen and oxygen atoms in total. The SMILES string of the molecule is Cn1c(C(=O)N2CCCC2)cc2c(F)cccc21. The molecule has 0 bridgehead atoms. The number of likely N-dealkylation sites (tertiary alicyclic amines) is 1. The van der Waals surface area contributed by atoms with Crippen LogP contribution in [0.2, 0.25) is 0 Å². The smallest absolute Gasteiger partial charge is 0.270 e. The van der Waals surface area contributed by atoms with Gasteiger partial charge in [-0.2, -0.15) is 0 Å². The maximum absolute atomic E-state index is 13.7. The highest BCUT2D eigenvalue weighted by Gasteiger charge is 2.23. The molecule has 0 N–H and O–H groups in total. The normalized spacial score (nSPS) is 15.6. The van der Waals surface area contributed by atoms with Crippen molar-refractivity contribution in [1.29, 1.82) is 0 Å². The minimum atomic E-state index is -0.274. The van der Waals surface area contributed by atoms with Crippen molar-refractivity contribution in [1.82, 2.24) is 9.47 Å². The number of amides is 1. The fourth-order valence-electron chi connectivity index (χ4n) is 2.61. The first-order valence-corrected chi connectivity index (χ1v) is 6.21. The topological polar surface area (TPSA) is 25.2 Å². The van der Waals surface area contributed by atoms with Crippen LogP contribution in [-0.4, -0.2) is 28.5 Å². The number of halogens is 1. The van der Waals surface area contributed by atoms with Gasteiger partial charge in [0.2, 0.25) is 0 Å². The lowest BCUT2D eigenvalue weighted by molar-refractivity contribution is 0.0784. The number of carbonyl (C=O) groups is 1. The Balaban J connectivity index is 2.09. The molecule has 18 heavy (non-hydrogen) atoms. The zero-order valence-corrected chi connectivity index (χ0v) is 10.3. The van der Waals surface area contributed by atoms with Gasteiger partial charge in [0.15, 0.2) is 0 Å². The van der Waals surface area contributed by atoms with Crippen LogP contribution in [0.4, 0.5) is 4.39 Å². The molecular formula is C14H15FN2O. The van der Waals surface area contributed by atoms with Gasteiger partial charge in [-0.15, -0.1) is 0 Å². The molecule has 1 aromatic carbocycles. The molecule has 0 saturated carbocycles. The highest BCUT2D eigenvalue weighted by atomic mass is 19.1. The van der Waals surface area contributed by atoms with Crippen LogP contribution in [-0.2, 0) is 7.05 Å². The summed E-state index contributed by atoms with van der Waals surface area (Å²) in [6.45, 7) is 1.62. The van der Waals surface area contributed by atoms with Crippen molar-refractivity contribution in [2.24, 2.45) is 7.05 Å². The van der Waals surface area contributed by atoms with E-state index in [2.05, 4.69) is 0 Å². The third kappa shape index (κ3) is 1.60. The van der Waals surface area contributed by atoms with E-state index in [1.165, 1.54) is 6.07 Å². The molecule has 2 aromatic rings. The van der Waals surface area contributed by atoms with E-state index in [4.69, 9.17) is 0 Å². The first-order chi connectivity index (χ1) is 8.68. The van der Waals surface area contributed by atoms with Gasteiger partial charge in [-0.3, -0.25) is 4.79 Å². The molecule has 0 atom stereocenters. The van der Waals surface area contributed by atoms with Gasteiger partial charge in [-0.25, -0.2) is 4.39 Å². The van der Waals surface area contributed by atoms with Gasteiger partial charge in [-0.1, -0.05) is 6.07 Å². The van der Waals surface area contributed by atoms with E-state index in [0.29, 0.717) is 11.1 Å². The number of rotatable bonds is 1. The van der Waals surface area contributed by atoms with E-state index in [9.17, 15) is 9.18 Å². The first-order valence-electron chi connectivity index (χ1n) is 6.21. The summed E-state index contributed by atoms with van der Waals surface area (Å²) < 4.78 is 15.5. The number of nitrogens with zero attached hydrogens (tertiary/aromatic N) is 2. The predicted octanol–water partition coefficient (Wildman–Crippen LogP) is 2.55. The van der Waals surface area contributed by atoms with Crippen molar-refractivity contribution in [3.05, 3.63) is 35.8 Å². The Morgan fingerprint density at radius 3 is 2.67 bits per heavy atom. The third-order valence-electron chi connectivity index (χ3n) is 3.65. The van der Waals surface area contributed by atoms with Gasteiger partial charge >= 0.3 is 0 Å². The summed E-state index contributed by atoms with van der Waals surface area (Å²) >= 11 is 0. The van der Waals surface area contributed by atoms with Gasteiger partial charge < -0.3 is 9.47 Å². The van der Waals surface area contributed by atoms with Gasteiger partial charge in [0, 0.05) is 25.5 Å². The number of carbonyl (C=O) groups excluding carboxylic acids is 1. The Kier molecular flexibility index (Phi) is 2.58. The van der Waals surface area contributed by atoms with Crippen molar-refractivity contribution in [2.45, 2.75) is 12.8 Å². The molecule has 0 spiro atoms. The zero-order valence-electron chi connectivity index (χ0n) is 10.3. The van der Waals surface area contributed by atoms with E-state index in [1.807, 2.05) is 18.0 Å². The number of benzene rings is 1. The van der Waals surface area contributed by atoms with Gasteiger partial charge in [0.25, 0.3) is 5.91 Å². The zero-order chi connectivity index (χ0) is 12.7. The van der Waals surface area contributed by atoms with E-state index >= 15 is 0 Å². The Hall–Kier alpha value is -1.84. The molecule has 1 saturated heterocycles. The molecule has 4 heteroatoms. The van der Waals surface area contributed by atoms with Crippen molar-refractivity contribution in [2.75, 3.05) is 13.1 Å². The summed E-state index contributed by atoms with van der Waals surface area (Å²) in [5, 5.41) is 0.516. The minimum Gasteiger partial charge on any atom is -0.340 e. The molecule has 3 rings (SSSR count). The fraction of sp³-hybridized carbons (Fsp3) is 0.357. The van der Waals surface area contributed by atoms with Crippen molar-refractivity contribution in [3.63, 3.8) is 0 Å². The summed E-state index contributed by atoms with van der Waals surface area (Å²) in [5.41, 5.74) is 1.33. The van der Waals surface area contributed by atoms with Gasteiger partial charge in [-0.05, 0) is 31.0 Å². The second-order valence-electron chi connectivity index (χ2n) is 4.76. The van der Waals surface area contributed by atoms with E-state index in [-0.39, 0.29) is 11.7 Å². The standard InChI is InChI=1S/C14H15FN2O/c1-16-12-6-4-5-11(15)10(12)9-13(16)14(18)17-7-2-3-8-17/h4-6,9H,2-3,7-8H2,1H3. The molecule has 2 heterocycles. The molecule has 94 valence electrons. The van der Waals surface area contributed by atoms with Crippen LogP contribution >= 0.6 is 0 Å². The third-order valence-corrected chi connectivity index (χ3v) is 3.65. The van der Waals surface area contributed by atoms with E-state index < -0.39 is 0 Å². The maximum Gasteiger partial charge on any atom is 0.270 e. The Labute approximate surface area is 105 Å². The predicted molar refractivity (Wildman–Crippen MR) is 68.0 cm³/mol. The average molecular weight is 246 g/mol. The van der Waals surface area contributed by atoms with Gasteiger partial charge in [0.1, 0.15) is 11.5 Å². The monoisotopic (exact) mass is 246 g/mol. The Morgan fingerprint density at radius 1 is 1.28 bits per heavy atom. The van der Waals surface area contributed by atoms with Gasteiger partial charge in [0.05, 0.1) is 5.52 Å². The van der Waals surface area contributed by atoms with Crippen molar-refractivity contribution in [3.8, 4) is 0 Å². The first kappa shape index (κ1) is 11.3. The quantitative estimate of drug-likeness (QED) is 0.759. The van der Waals surface area contributed by atoms with Crippen LogP contribution in [0.3, 0.4) is 0 Å². The summed E-state index contributed by atoms with van der Waals surface area (Å²) in [4.78, 5) is 14.2. The molecular weight excluding hydrogens is 231 g/mol. The van der Waals surface area contributed by atoms with E-state index in [0.717, 1.165) is 31.4 Å². The number of aryl methyl sites for hydroxylation is 1.